The summed E-state index contributed by atoms with van der Waals surface area (Å²) < 4.78 is 5.73. The number of halogens is 3. The van der Waals surface area contributed by atoms with E-state index in [4.69, 9.17) is 39.2 Å². The van der Waals surface area contributed by atoms with Crippen molar-refractivity contribution in [3.8, 4) is 11.5 Å². The van der Waals surface area contributed by atoms with Gasteiger partial charge in [0.2, 0.25) is 17.7 Å². The molecular formula is C20H18Cl3N3O2. The fourth-order valence-corrected chi connectivity index (χ4v) is 3.39. The van der Waals surface area contributed by atoms with Crippen LogP contribution in [0.5, 0.6) is 0 Å². The van der Waals surface area contributed by atoms with E-state index in [9.17, 15) is 4.79 Å². The SMILES string of the molecule is CC(C)N(Cc1nnc(-c2ccccc2Cl)o1)C(=O)Cc1ccc(Cl)cc1Cl. The Kier molecular flexibility index (Phi) is 6.60. The summed E-state index contributed by atoms with van der Waals surface area (Å²) >= 11 is 18.3. The molecule has 0 aliphatic carbocycles. The minimum Gasteiger partial charge on any atom is -0.419 e. The number of carbonyl (C=O) groups is 1. The fraction of sp³-hybridized carbons (Fsp3) is 0.250. The first kappa shape index (κ1) is 20.6. The van der Waals surface area contributed by atoms with E-state index in [0.717, 1.165) is 0 Å². The normalized spacial score (nSPS) is 11.1. The number of carbonyl (C=O) groups excluding carboxylic acids is 1. The van der Waals surface area contributed by atoms with Crippen LogP contribution < -0.4 is 0 Å². The van der Waals surface area contributed by atoms with Gasteiger partial charge in [0.1, 0.15) is 0 Å². The maximum atomic E-state index is 12.8. The quantitative estimate of drug-likeness (QED) is 0.497. The summed E-state index contributed by atoms with van der Waals surface area (Å²) in [6.45, 7) is 4.04. The molecule has 3 aromatic rings. The van der Waals surface area contributed by atoms with E-state index in [1.807, 2.05) is 26.0 Å². The molecule has 0 saturated heterocycles. The highest BCUT2D eigenvalue weighted by molar-refractivity contribution is 6.35. The average Bonchev–Trinajstić information content (AvgIpc) is 3.10. The van der Waals surface area contributed by atoms with Gasteiger partial charge in [-0.3, -0.25) is 4.79 Å². The lowest BCUT2D eigenvalue weighted by atomic mass is 10.1. The van der Waals surface area contributed by atoms with Crippen molar-refractivity contribution in [3.05, 3.63) is 69.0 Å². The molecule has 146 valence electrons. The van der Waals surface area contributed by atoms with E-state index >= 15 is 0 Å². The van der Waals surface area contributed by atoms with Gasteiger partial charge >= 0.3 is 0 Å². The minimum absolute atomic E-state index is 0.0609. The number of nitrogens with zero attached hydrogens (tertiary/aromatic N) is 3. The molecule has 8 heteroatoms. The lowest BCUT2D eigenvalue weighted by Gasteiger charge is -2.25. The third-order valence-corrected chi connectivity index (χ3v) is 5.09. The summed E-state index contributed by atoms with van der Waals surface area (Å²) in [5.74, 6) is 0.549. The van der Waals surface area contributed by atoms with Crippen LogP contribution in [0, 0.1) is 0 Å². The Hall–Kier alpha value is -2.08. The number of hydrogen-bond donors (Lipinski definition) is 0. The Balaban J connectivity index is 1.76. The third-order valence-electron chi connectivity index (χ3n) is 4.18. The Morgan fingerprint density at radius 1 is 1.07 bits per heavy atom. The fourth-order valence-electron chi connectivity index (χ4n) is 2.69. The number of amides is 1. The summed E-state index contributed by atoms with van der Waals surface area (Å²) in [7, 11) is 0. The minimum atomic E-state index is -0.100. The molecule has 0 atom stereocenters. The van der Waals surface area contributed by atoms with E-state index in [1.165, 1.54) is 0 Å². The van der Waals surface area contributed by atoms with Gasteiger partial charge in [0, 0.05) is 16.1 Å². The average molecular weight is 439 g/mol. The van der Waals surface area contributed by atoms with Crippen molar-refractivity contribution in [2.24, 2.45) is 0 Å². The van der Waals surface area contributed by atoms with Crippen LogP contribution >= 0.6 is 34.8 Å². The van der Waals surface area contributed by atoms with Crippen LogP contribution in [0.25, 0.3) is 11.5 Å². The lowest BCUT2D eigenvalue weighted by molar-refractivity contribution is -0.133. The highest BCUT2D eigenvalue weighted by atomic mass is 35.5. The molecule has 28 heavy (non-hydrogen) atoms. The van der Waals surface area contributed by atoms with Crippen molar-refractivity contribution < 1.29 is 9.21 Å². The molecule has 5 nitrogen and oxygen atoms in total. The maximum absolute atomic E-state index is 12.8. The molecule has 1 heterocycles. The summed E-state index contributed by atoms with van der Waals surface area (Å²) in [5.41, 5.74) is 1.36. The summed E-state index contributed by atoms with van der Waals surface area (Å²) in [6, 6.07) is 12.2. The molecule has 0 aliphatic heterocycles. The van der Waals surface area contributed by atoms with Crippen LogP contribution in [0.4, 0.5) is 0 Å². The third kappa shape index (κ3) is 4.85. The molecule has 1 aromatic heterocycles. The maximum Gasteiger partial charge on any atom is 0.249 e. The predicted octanol–water partition coefficient (Wildman–Crippen LogP) is 5.68. The topological polar surface area (TPSA) is 59.2 Å². The van der Waals surface area contributed by atoms with Gasteiger partial charge in [-0.25, -0.2) is 0 Å². The van der Waals surface area contributed by atoms with Crippen molar-refractivity contribution in [2.45, 2.75) is 32.9 Å². The first-order valence-corrected chi connectivity index (χ1v) is 9.79. The molecule has 0 unspecified atom stereocenters. The van der Waals surface area contributed by atoms with Crippen LogP contribution in [0.15, 0.2) is 46.9 Å². The largest absolute Gasteiger partial charge is 0.419 e. The molecule has 0 radical (unpaired) electrons. The van der Waals surface area contributed by atoms with E-state index < -0.39 is 0 Å². The molecule has 3 rings (SSSR count). The lowest BCUT2D eigenvalue weighted by Crippen LogP contribution is -2.37. The van der Waals surface area contributed by atoms with Crippen molar-refractivity contribution >= 4 is 40.7 Å². The van der Waals surface area contributed by atoms with Gasteiger partial charge in [-0.2, -0.15) is 0 Å². The zero-order chi connectivity index (χ0) is 20.3. The highest BCUT2D eigenvalue weighted by Crippen LogP contribution is 2.27. The van der Waals surface area contributed by atoms with Gasteiger partial charge in [0.05, 0.1) is 23.6 Å². The van der Waals surface area contributed by atoms with E-state index in [1.54, 1.807) is 35.2 Å². The number of aromatic nitrogens is 2. The summed E-state index contributed by atoms with van der Waals surface area (Å²) in [5, 5.41) is 9.62. The van der Waals surface area contributed by atoms with Gasteiger partial charge in [0.15, 0.2) is 0 Å². The molecule has 1 amide bonds. The number of benzene rings is 2. The van der Waals surface area contributed by atoms with Gasteiger partial charge in [-0.05, 0) is 43.7 Å². The van der Waals surface area contributed by atoms with Gasteiger partial charge in [-0.15, -0.1) is 10.2 Å². The van der Waals surface area contributed by atoms with Gasteiger partial charge in [0.25, 0.3) is 0 Å². The monoisotopic (exact) mass is 437 g/mol. The Morgan fingerprint density at radius 3 is 2.50 bits per heavy atom. The smallest absolute Gasteiger partial charge is 0.249 e. The van der Waals surface area contributed by atoms with Crippen LogP contribution in [0.1, 0.15) is 25.3 Å². The second-order valence-corrected chi connectivity index (χ2v) is 7.76. The second-order valence-electron chi connectivity index (χ2n) is 6.51. The van der Waals surface area contributed by atoms with E-state index in [2.05, 4.69) is 10.2 Å². The molecule has 0 aliphatic rings. The Morgan fingerprint density at radius 2 is 1.82 bits per heavy atom. The van der Waals surface area contributed by atoms with Crippen LogP contribution in [-0.4, -0.2) is 27.0 Å². The highest BCUT2D eigenvalue weighted by Gasteiger charge is 2.22. The van der Waals surface area contributed by atoms with Crippen molar-refractivity contribution in [2.75, 3.05) is 0 Å². The molecule has 2 aromatic carbocycles. The Labute approximate surface area is 178 Å². The standard InChI is InChI=1S/C20H18Cl3N3O2/c1-12(2)26(19(27)9-13-7-8-14(21)10-17(13)23)11-18-24-25-20(28-18)15-5-3-4-6-16(15)22/h3-8,10,12H,9,11H2,1-2H3. The number of hydrogen-bond acceptors (Lipinski definition) is 4. The zero-order valence-corrected chi connectivity index (χ0v) is 17.6. The first-order chi connectivity index (χ1) is 13.3. The van der Waals surface area contributed by atoms with Crippen LogP contribution in [-0.2, 0) is 17.8 Å². The first-order valence-electron chi connectivity index (χ1n) is 8.66. The molecular weight excluding hydrogens is 421 g/mol. The zero-order valence-electron chi connectivity index (χ0n) is 15.3. The van der Waals surface area contributed by atoms with Crippen LogP contribution in [0.2, 0.25) is 15.1 Å². The molecule has 0 saturated carbocycles. The van der Waals surface area contributed by atoms with Crippen molar-refractivity contribution in [1.82, 2.24) is 15.1 Å². The molecule has 0 fully saturated rings. The summed E-state index contributed by atoms with van der Waals surface area (Å²) in [4.78, 5) is 14.5. The van der Waals surface area contributed by atoms with Crippen molar-refractivity contribution in [3.63, 3.8) is 0 Å². The van der Waals surface area contributed by atoms with Gasteiger partial charge < -0.3 is 9.32 Å². The van der Waals surface area contributed by atoms with E-state index in [-0.39, 0.29) is 24.9 Å². The van der Waals surface area contributed by atoms with Gasteiger partial charge in [-0.1, -0.05) is 53.0 Å². The van der Waals surface area contributed by atoms with Crippen molar-refractivity contribution in [1.29, 1.82) is 0 Å². The Bertz CT molecular complexity index is 988. The molecule has 0 spiro atoms. The van der Waals surface area contributed by atoms with E-state index in [0.29, 0.717) is 38.0 Å². The number of rotatable bonds is 6. The summed E-state index contributed by atoms with van der Waals surface area (Å²) in [6.07, 6.45) is 0.152. The predicted molar refractivity (Wildman–Crippen MR) is 111 cm³/mol. The second kappa shape index (κ2) is 8.95. The molecule has 0 bridgehead atoms. The van der Waals surface area contributed by atoms with Crippen LogP contribution in [0.3, 0.4) is 0 Å². The molecule has 0 N–H and O–H groups in total.